The molecule has 1 aliphatic heterocycles. The van der Waals surface area contributed by atoms with Crippen molar-refractivity contribution in [3.05, 3.63) is 79.7 Å². The molecule has 2 heterocycles. The lowest BCUT2D eigenvalue weighted by molar-refractivity contribution is -0.131. The van der Waals surface area contributed by atoms with Crippen molar-refractivity contribution < 1.29 is 14.0 Å². The molecule has 0 aliphatic carbocycles. The third kappa shape index (κ3) is 3.75. The van der Waals surface area contributed by atoms with Crippen LogP contribution in [0.15, 0.2) is 68.9 Å². The first kappa shape index (κ1) is 18.5. The summed E-state index contributed by atoms with van der Waals surface area (Å²) in [6, 6.07) is 16.4. The van der Waals surface area contributed by atoms with Gasteiger partial charge in [-0.1, -0.05) is 30.3 Å². The van der Waals surface area contributed by atoms with Gasteiger partial charge in [0.05, 0.1) is 5.71 Å². The van der Waals surface area contributed by atoms with Gasteiger partial charge in [0.1, 0.15) is 17.7 Å². The third-order valence-electron chi connectivity index (χ3n) is 4.50. The van der Waals surface area contributed by atoms with E-state index in [0.717, 1.165) is 19.9 Å². The topological polar surface area (TPSA) is 80.0 Å². The third-order valence-corrected chi connectivity index (χ3v) is 5.17. The fraction of sp³-hybridized carbons (Fsp3) is 0.143. The van der Waals surface area contributed by atoms with Gasteiger partial charge in [-0.25, -0.2) is 9.80 Å². The van der Waals surface area contributed by atoms with Gasteiger partial charge in [0.2, 0.25) is 5.91 Å². The summed E-state index contributed by atoms with van der Waals surface area (Å²) >= 11 is 2.15. The van der Waals surface area contributed by atoms with Gasteiger partial charge in [0.25, 0.3) is 0 Å². The maximum absolute atomic E-state index is 12.7. The minimum atomic E-state index is -0.713. The largest absolute Gasteiger partial charge is 0.422 e. The van der Waals surface area contributed by atoms with Gasteiger partial charge in [-0.05, 0) is 52.4 Å². The van der Waals surface area contributed by atoms with Crippen LogP contribution in [-0.4, -0.2) is 29.0 Å². The summed E-state index contributed by atoms with van der Waals surface area (Å²) in [5, 5.41) is 6.16. The number of carbonyl (C=O) groups excluding carboxylic acids is 2. The van der Waals surface area contributed by atoms with Gasteiger partial charge in [0.15, 0.2) is 5.78 Å². The molecule has 4 rings (SSSR count). The predicted octanol–water partition coefficient (Wildman–Crippen LogP) is 3.61. The van der Waals surface area contributed by atoms with Crippen LogP contribution in [0.25, 0.3) is 11.0 Å². The van der Waals surface area contributed by atoms with Crippen molar-refractivity contribution >= 4 is 51.0 Å². The summed E-state index contributed by atoms with van der Waals surface area (Å²) in [6.07, 6.45) is 0.787. The molecule has 0 N–H and O–H groups in total. The molecule has 3 aromatic rings. The highest BCUT2D eigenvalue weighted by atomic mass is 127. The van der Waals surface area contributed by atoms with E-state index >= 15 is 0 Å². The number of nitrogens with zero attached hydrogens (tertiary/aromatic N) is 2. The maximum atomic E-state index is 12.7. The molecule has 140 valence electrons. The first-order chi connectivity index (χ1) is 13.5. The Hall–Kier alpha value is -2.81. The number of Topliss-reactive ketones (excluding diaryl/α,β-unsaturated/α-hetero) is 1. The highest BCUT2D eigenvalue weighted by Crippen LogP contribution is 2.19. The van der Waals surface area contributed by atoms with E-state index in [-0.39, 0.29) is 24.4 Å². The van der Waals surface area contributed by atoms with Gasteiger partial charge in [0, 0.05) is 21.8 Å². The molecular weight excluding hydrogens is 471 g/mol. The van der Waals surface area contributed by atoms with E-state index in [0.29, 0.717) is 17.4 Å². The van der Waals surface area contributed by atoms with E-state index in [4.69, 9.17) is 4.42 Å². The second-order valence-electron chi connectivity index (χ2n) is 6.42. The molecule has 2 aromatic carbocycles. The monoisotopic (exact) mass is 486 g/mol. The second-order valence-corrected chi connectivity index (χ2v) is 7.66. The summed E-state index contributed by atoms with van der Waals surface area (Å²) in [6.45, 7) is -0.296. The fourth-order valence-corrected chi connectivity index (χ4v) is 3.59. The van der Waals surface area contributed by atoms with Crippen molar-refractivity contribution in [1.82, 2.24) is 5.01 Å². The summed E-state index contributed by atoms with van der Waals surface area (Å²) in [5.74, 6) is -0.742. The van der Waals surface area contributed by atoms with E-state index in [1.165, 1.54) is 6.07 Å². The predicted molar refractivity (Wildman–Crippen MR) is 113 cm³/mol. The first-order valence-electron chi connectivity index (χ1n) is 8.71. The minimum absolute atomic E-state index is 0.0793. The van der Waals surface area contributed by atoms with Crippen LogP contribution in [0.5, 0.6) is 0 Å². The number of ketones is 1. The van der Waals surface area contributed by atoms with Crippen molar-refractivity contribution in [3.63, 3.8) is 0 Å². The first-order valence-corrected chi connectivity index (χ1v) is 9.79. The van der Waals surface area contributed by atoms with Crippen molar-refractivity contribution in [2.45, 2.75) is 12.8 Å². The number of rotatable bonds is 4. The fourth-order valence-electron chi connectivity index (χ4n) is 3.07. The van der Waals surface area contributed by atoms with E-state index in [1.807, 2.05) is 42.5 Å². The molecule has 1 aliphatic rings. The molecule has 6 nitrogen and oxygen atoms in total. The van der Waals surface area contributed by atoms with Gasteiger partial charge in [-0.2, -0.15) is 5.10 Å². The van der Waals surface area contributed by atoms with E-state index in [1.54, 1.807) is 6.07 Å². The Labute approximate surface area is 174 Å². The molecule has 0 radical (unpaired) electrons. The Kier molecular flexibility index (Phi) is 5.08. The van der Waals surface area contributed by atoms with Gasteiger partial charge in [-0.15, -0.1) is 0 Å². The molecule has 0 saturated carbocycles. The van der Waals surface area contributed by atoms with Crippen LogP contribution in [0.1, 0.15) is 28.8 Å². The SMILES string of the molecule is O=C(CN1N=C(c2ccccc2)CCC1=O)c1cc2cc(I)ccc2oc1=O. The lowest BCUT2D eigenvalue weighted by Crippen LogP contribution is -2.37. The molecular formula is C21H15IN2O4. The average Bonchev–Trinajstić information content (AvgIpc) is 2.70. The van der Waals surface area contributed by atoms with Gasteiger partial charge in [-0.3, -0.25) is 9.59 Å². The summed E-state index contributed by atoms with van der Waals surface area (Å²) in [5.41, 5.74) is 1.28. The van der Waals surface area contributed by atoms with Crippen molar-refractivity contribution in [2.75, 3.05) is 6.54 Å². The number of fused-ring (bicyclic) bond motifs is 1. The number of hydrogen-bond donors (Lipinski definition) is 0. The minimum Gasteiger partial charge on any atom is -0.422 e. The zero-order chi connectivity index (χ0) is 19.7. The van der Waals surface area contributed by atoms with Crippen LogP contribution in [0.4, 0.5) is 0 Å². The molecule has 0 atom stereocenters. The number of amides is 1. The molecule has 0 saturated heterocycles. The lowest BCUT2D eigenvalue weighted by atomic mass is 10.0. The van der Waals surface area contributed by atoms with Crippen LogP contribution >= 0.6 is 22.6 Å². The van der Waals surface area contributed by atoms with Crippen LogP contribution in [0.3, 0.4) is 0 Å². The Morgan fingerprint density at radius 2 is 1.86 bits per heavy atom. The highest BCUT2D eigenvalue weighted by molar-refractivity contribution is 14.1. The van der Waals surface area contributed by atoms with Crippen molar-refractivity contribution in [1.29, 1.82) is 0 Å². The summed E-state index contributed by atoms with van der Waals surface area (Å²) in [4.78, 5) is 37.2. The molecule has 0 bridgehead atoms. The molecule has 7 heteroatoms. The molecule has 1 aromatic heterocycles. The highest BCUT2D eigenvalue weighted by Gasteiger charge is 2.25. The van der Waals surface area contributed by atoms with Gasteiger partial charge < -0.3 is 4.42 Å². The molecule has 0 unspecified atom stereocenters. The number of hydrazone groups is 1. The van der Waals surface area contributed by atoms with Gasteiger partial charge >= 0.3 is 5.63 Å². The van der Waals surface area contributed by atoms with E-state index in [2.05, 4.69) is 27.7 Å². The quantitative estimate of drug-likeness (QED) is 0.321. The van der Waals surface area contributed by atoms with Crippen LogP contribution in [0, 0.1) is 3.57 Å². The Bertz CT molecular complexity index is 1170. The number of carbonyl (C=O) groups is 2. The van der Waals surface area contributed by atoms with Crippen LogP contribution in [0.2, 0.25) is 0 Å². The zero-order valence-corrected chi connectivity index (χ0v) is 16.9. The normalized spacial score (nSPS) is 14.2. The molecule has 28 heavy (non-hydrogen) atoms. The second kappa shape index (κ2) is 7.67. The van der Waals surface area contributed by atoms with E-state index < -0.39 is 11.4 Å². The summed E-state index contributed by atoms with van der Waals surface area (Å²) < 4.78 is 6.22. The molecule has 0 fully saturated rings. The Balaban J connectivity index is 1.64. The van der Waals surface area contributed by atoms with Crippen LogP contribution in [-0.2, 0) is 4.79 Å². The number of hydrogen-bond acceptors (Lipinski definition) is 5. The Morgan fingerprint density at radius 1 is 1.07 bits per heavy atom. The van der Waals surface area contributed by atoms with E-state index in [9.17, 15) is 14.4 Å². The average molecular weight is 486 g/mol. The number of benzene rings is 2. The maximum Gasteiger partial charge on any atom is 0.347 e. The van der Waals surface area contributed by atoms with Crippen molar-refractivity contribution in [2.24, 2.45) is 5.10 Å². The summed E-state index contributed by atoms with van der Waals surface area (Å²) in [7, 11) is 0. The molecule has 1 amide bonds. The zero-order valence-electron chi connectivity index (χ0n) is 14.7. The van der Waals surface area contributed by atoms with Crippen LogP contribution < -0.4 is 5.63 Å². The van der Waals surface area contributed by atoms with Crippen molar-refractivity contribution in [3.8, 4) is 0 Å². The number of halogens is 1. The lowest BCUT2D eigenvalue weighted by Gasteiger charge is -2.23. The Morgan fingerprint density at radius 3 is 2.64 bits per heavy atom. The molecule has 0 spiro atoms. The standard InChI is InChI=1S/C21H15IN2O4/c22-15-6-8-19-14(10-15)11-16(21(27)28-19)18(25)12-24-20(26)9-7-17(23-24)13-4-2-1-3-5-13/h1-6,8,10-11H,7,9,12H2. The smallest absolute Gasteiger partial charge is 0.347 e.